The van der Waals surface area contributed by atoms with Gasteiger partial charge in [0, 0.05) is 37.7 Å². The molecule has 1 saturated heterocycles. The molecule has 0 aromatic carbocycles. The number of nitrogens with zero attached hydrogens (tertiary/aromatic N) is 1. The Morgan fingerprint density at radius 2 is 1.95 bits per heavy atom. The van der Waals surface area contributed by atoms with Crippen LogP contribution in [0.25, 0.3) is 0 Å². The van der Waals surface area contributed by atoms with Crippen molar-refractivity contribution in [3.63, 3.8) is 0 Å². The molecule has 0 saturated carbocycles. The summed E-state index contributed by atoms with van der Waals surface area (Å²) in [7, 11) is 0. The van der Waals surface area contributed by atoms with Crippen LogP contribution >= 0.6 is 11.8 Å². The van der Waals surface area contributed by atoms with Crippen LogP contribution in [-0.2, 0) is 4.79 Å². The highest BCUT2D eigenvalue weighted by Crippen LogP contribution is 2.08. The number of hydrogen-bond donors (Lipinski definition) is 3. The summed E-state index contributed by atoms with van der Waals surface area (Å²) in [6, 6.07) is -1.22. The third kappa shape index (κ3) is 7.00. The number of nitrogens with one attached hydrogen (secondary N) is 2. The topological polar surface area (TPSA) is 81.7 Å². The van der Waals surface area contributed by atoms with E-state index in [2.05, 4.69) is 15.5 Å². The number of carbonyl (C=O) groups excluding carboxylic acids is 1. The quantitative estimate of drug-likeness (QED) is 0.649. The van der Waals surface area contributed by atoms with E-state index >= 15 is 0 Å². The molecule has 20 heavy (non-hydrogen) atoms. The average molecular weight is 303 g/mol. The summed E-state index contributed by atoms with van der Waals surface area (Å²) in [6.45, 7) is 7.34. The molecule has 0 aromatic rings. The van der Waals surface area contributed by atoms with E-state index in [1.807, 2.05) is 25.6 Å². The van der Waals surface area contributed by atoms with Gasteiger partial charge in [-0.3, -0.25) is 4.90 Å². The van der Waals surface area contributed by atoms with Crippen LogP contribution in [0.2, 0.25) is 0 Å². The molecule has 1 rings (SSSR count). The fraction of sp³-hybridized carbons (Fsp3) is 0.846. The fourth-order valence-corrected chi connectivity index (χ4v) is 3.03. The maximum Gasteiger partial charge on any atom is 0.326 e. The number of carboxylic acid groups (broad SMARTS) is 1. The summed E-state index contributed by atoms with van der Waals surface area (Å²) in [4.78, 5) is 25.0. The van der Waals surface area contributed by atoms with Crippen molar-refractivity contribution in [2.24, 2.45) is 5.92 Å². The minimum Gasteiger partial charge on any atom is -0.480 e. The molecule has 6 nitrogen and oxygen atoms in total. The lowest BCUT2D eigenvalue weighted by Crippen LogP contribution is -2.48. The number of aliphatic carboxylic acids is 1. The largest absolute Gasteiger partial charge is 0.480 e. The van der Waals surface area contributed by atoms with Crippen LogP contribution < -0.4 is 10.6 Å². The van der Waals surface area contributed by atoms with Crippen LogP contribution in [0.1, 0.15) is 20.3 Å². The van der Waals surface area contributed by atoms with Gasteiger partial charge < -0.3 is 15.7 Å². The molecule has 7 heteroatoms. The molecule has 0 aliphatic carbocycles. The number of thioether (sulfide) groups is 1. The van der Waals surface area contributed by atoms with E-state index < -0.39 is 18.0 Å². The molecule has 2 amide bonds. The lowest BCUT2D eigenvalue weighted by Gasteiger charge is -2.26. The van der Waals surface area contributed by atoms with E-state index in [0.717, 1.165) is 31.1 Å². The lowest BCUT2D eigenvalue weighted by atomic mass is 10.0. The molecule has 3 N–H and O–H groups in total. The minimum atomic E-state index is -0.984. The molecule has 1 atom stereocenters. The maximum absolute atomic E-state index is 11.7. The summed E-state index contributed by atoms with van der Waals surface area (Å²) in [6.07, 6.45) is 0.437. The average Bonchev–Trinajstić information content (AvgIpc) is 2.38. The SMILES string of the molecule is CC(C)CC(NC(=O)NCCN1CCSCC1)C(=O)O. The highest BCUT2D eigenvalue weighted by atomic mass is 32.2. The van der Waals surface area contributed by atoms with Crippen molar-refractivity contribution < 1.29 is 14.7 Å². The van der Waals surface area contributed by atoms with Crippen LogP contribution in [0.4, 0.5) is 4.79 Å². The Morgan fingerprint density at radius 3 is 2.50 bits per heavy atom. The molecule has 1 unspecified atom stereocenters. The summed E-state index contributed by atoms with van der Waals surface area (Å²) in [5.74, 6) is 1.52. The Balaban J connectivity index is 2.21. The molecule has 1 aliphatic rings. The highest BCUT2D eigenvalue weighted by molar-refractivity contribution is 7.99. The van der Waals surface area contributed by atoms with Crippen molar-refractivity contribution in [2.75, 3.05) is 37.7 Å². The van der Waals surface area contributed by atoms with Gasteiger partial charge in [0.2, 0.25) is 0 Å². The van der Waals surface area contributed by atoms with Gasteiger partial charge in [-0.1, -0.05) is 13.8 Å². The zero-order chi connectivity index (χ0) is 15.0. The number of rotatable bonds is 7. The number of amides is 2. The van der Waals surface area contributed by atoms with Gasteiger partial charge in [-0.05, 0) is 12.3 Å². The van der Waals surface area contributed by atoms with Gasteiger partial charge in [-0.25, -0.2) is 9.59 Å². The van der Waals surface area contributed by atoms with Gasteiger partial charge in [0.1, 0.15) is 6.04 Å². The Morgan fingerprint density at radius 1 is 1.30 bits per heavy atom. The van der Waals surface area contributed by atoms with Crippen LogP contribution in [0, 0.1) is 5.92 Å². The smallest absolute Gasteiger partial charge is 0.326 e. The first-order valence-corrected chi connectivity index (χ1v) is 8.21. The second-order valence-electron chi connectivity index (χ2n) is 5.37. The van der Waals surface area contributed by atoms with Gasteiger partial charge in [-0.2, -0.15) is 11.8 Å². The second-order valence-corrected chi connectivity index (χ2v) is 6.60. The Bertz CT molecular complexity index is 320. The first-order chi connectivity index (χ1) is 9.49. The molecule has 116 valence electrons. The van der Waals surface area contributed by atoms with Crippen LogP contribution in [0.15, 0.2) is 0 Å². The molecular weight excluding hydrogens is 278 g/mol. The van der Waals surface area contributed by atoms with Crippen molar-refractivity contribution in [1.82, 2.24) is 15.5 Å². The van der Waals surface area contributed by atoms with E-state index in [-0.39, 0.29) is 5.92 Å². The van der Waals surface area contributed by atoms with Gasteiger partial charge in [0.25, 0.3) is 0 Å². The normalized spacial score (nSPS) is 17.8. The zero-order valence-corrected chi connectivity index (χ0v) is 13.0. The summed E-state index contributed by atoms with van der Waals surface area (Å²) < 4.78 is 0. The number of carboxylic acids is 1. The Labute approximate surface area is 124 Å². The molecule has 0 spiro atoms. The summed E-state index contributed by atoms with van der Waals surface area (Å²) >= 11 is 1.95. The summed E-state index contributed by atoms with van der Waals surface area (Å²) in [5.41, 5.74) is 0. The van der Waals surface area contributed by atoms with Crippen LogP contribution in [-0.4, -0.2) is 65.7 Å². The molecule has 0 radical (unpaired) electrons. The van der Waals surface area contributed by atoms with E-state index in [1.165, 1.54) is 0 Å². The zero-order valence-electron chi connectivity index (χ0n) is 12.2. The van der Waals surface area contributed by atoms with Crippen molar-refractivity contribution in [3.8, 4) is 0 Å². The fourth-order valence-electron chi connectivity index (χ4n) is 2.05. The van der Waals surface area contributed by atoms with E-state index in [4.69, 9.17) is 5.11 Å². The Hall–Kier alpha value is -0.950. The van der Waals surface area contributed by atoms with Gasteiger partial charge in [0.05, 0.1) is 0 Å². The van der Waals surface area contributed by atoms with Gasteiger partial charge in [-0.15, -0.1) is 0 Å². The third-order valence-corrected chi connectivity index (χ3v) is 4.07. The molecule has 1 heterocycles. The molecule has 0 bridgehead atoms. The number of carbonyl (C=O) groups is 2. The standard InChI is InChI=1S/C13H25N3O3S/c1-10(2)9-11(12(17)18)15-13(19)14-3-4-16-5-7-20-8-6-16/h10-11H,3-9H2,1-2H3,(H,17,18)(H2,14,15,19). The van der Waals surface area contributed by atoms with Crippen molar-refractivity contribution in [2.45, 2.75) is 26.3 Å². The number of urea groups is 1. The monoisotopic (exact) mass is 303 g/mol. The first-order valence-electron chi connectivity index (χ1n) is 7.06. The second kappa shape index (κ2) is 9.07. The van der Waals surface area contributed by atoms with Crippen molar-refractivity contribution in [3.05, 3.63) is 0 Å². The molecule has 1 aliphatic heterocycles. The van der Waals surface area contributed by atoms with Crippen LogP contribution in [0.3, 0.4) is 0 Å². The predicted molar refractivity (Wildman–Crippen MR) is 81.2 cm³/mol. The molecule has 1 fully saturated rings. The highest BCUT2D eigenvalue weighted by Gasteiger charge is 2.20. The Kier molecular flexibility index (Phi) is 7.76. The van der Waals surface area contributed by atoms with Gasteiger partial charge >= 0.3 is 12.0 Å². The first kappa shape index (κ1) is 17.1. The molecule has 0 aromatic heterocycles. The van der Waals surface area contributed by atoms with Crippen molar-refractivity contribution in [1.29, 1.82) is 0 Å². The lowest BCUT2D eigenvalue weighted by molar-refractivity contribution is -0.139. The summed E-state index contributed by atoms with van der Waals surface area (Å²) in [5, 5.41) is 14.3. The number of hydrogen-bond acceptors (Lipinski definition) is 4. The van der Waals surface area contributed by atoms with Crippen molar-refractivity contribution >= 4 is 23.8 Å². The third-order valence-electron chi connectivity index (χ3n) is 3.13. The molecular formula is C13H25N3O3S. The van der Waals surface area contributed by atoms with Gasteiger partial charge in [0.15, 0.2) is 0 Å². The predicted octanol–water partition coefficient (Wildman–Crippen LogP) is 0.834. The minimum absolute atomic E-state index is 0.224. The van der Waals surface area contributed by atoms with E-state index in [0.29, 0.717) is 13.0 Å². The maximum atomic E-state index is 11.7. The van der Waals surface area contributed by atoms with E-state index in [1.54, 1.807) is 0 Å². The van der Waals surface area contributed by atoms with Crippen LogP contribution in [0.5, 0.6) is 0 Å². The van der Waals surface area contributed by atoms with E-state index in [9.17, 15) is 9.59 Å².